The Hall–Kier alpha value is -3.41. The molecular weight excluding hydrogens is 364 g/mol. The highest BCUT2D eigenvalue weighted by atomic mass is 16.2. The van der Waals surface area contributed by atoms with Gasteiger partial charge in [-0.2, -0.15) is 5.10 Å². The fraction of sp³-hybridized carbons (Fsp3) is 0.261. The quantitative estimate of drug-likeness (QED) is 0.613. The van der Waals surface area contributed by atoms with Crippen LogP contribution in [0, 0.1) is 5.92 Å². The lowest BCUT2D eigenvalue weighted by Gasteiger charge is -2.12. The van der Waals surface area contributed by atoms with Gasteiger partial charge in [0, 0.05) is 35.8 Å². The van der Waals surface area contributed by atoms with Gasteiger partial charge in [0.25, 0.3) is 5.91 Å². The number of carbonyl (C=O) groups is 2. The predicted molar refractivity (Wildman–Crippen MR) is 116 cm³/mol. The minimum Gasteiger partial charge on any atom is -0.326 e. The molecule has 0 aliphatic heterocycles. The standard InChI is InChI=1S/C23H26N4O2/c1-4-16(5-2)22(28)24-19-13-11-17(12-14-19)20-15-21(27(3)26-20)25-23(29)18-9-7-6-8-10-18/h6-16H,4-5H2,1-3H3,(H,24,28)(H,25,29). The Balaban J connectivity index is 1.71. The Kier molecular flexibility index (Phi) is 6.44. The van der Waals surface area contributed by atoms with Gasteiger partial charge in [-0.25, -0.2) is 0 Å². The van der Waals surface area contributed by atoms with E-state index in [2.05, 4.69) is 15.7 Å². The van der Waals surface area contributed by atoms with Gasteiger partial charge in [-0.15, -0.1) is 0 Å². The number of aryl methyl sites for hydroxylation is 1. The van der Waals surface area contributed by atoms with E-state index in [4.69, 9.17) is 0 Å². The summed E-state index contributed by atoms with van der Waals surface area (Å²) in [6, 6.07) is 18.4. The van der Waals surface area contributed by atoms with Crippen molar-refractivity contribution in [3.8, 4) is 11.3 Å². The number of anilines is 2. The largest absolute Gasteiger partial charge is 0.326 e. The van der Waals surface area contributed by atoms with Crippen LogP contribution in [-0.4, -0.2) is 21.6 Å². The molecule has 0 aliphatic carbocycles. The van der Waals surface area contributed by atoms with Gasteiger partial charge in [-0.1, -0.05) is 44.2 Å². The topological polar surface area (TPSA) is 76.0 Å². The summed E-state index contributed by atoms with van der Waals surface area (Å²) in [6.07, 6.45) is 1.65. The smallest absolute Gasteiger partial charge is 0.256 e. The Labute approximate surface area is 170 Å². The Morgan fingerprint density at radius 3 is 2.24 bits per heavy atom. The predicted octanol–water partition coefficient (Wildman–Crippen LogP) is 4.71. The van der Waals surface area contributed by atoms with Gasteiger partial charge in [0.05, 0.1) is 5.69 Å². The summed E-state index contributed by atoms with van der Waals surface area (Å²) < 4.78 is 1.64. The normalized spacial score (nSPS) is 10.8. The molecule has 0 saturated heterocycles. The van der Waals surface area contributed by atoms with Crippen molar-refractivity contribution in [3.63, 3.8) is 0 Å². The van der Waals surface area contributed by atoms with E-state index in [0.717, 1.165) is 29.8 Å². The summed E-state index contributed by atoms with van der Waals surface area (Å²) in [4.78, 5) is 24.6. The number of amides is 2. The molecule has 29 heavy (non-hydrogen) atoms. The third-order valence-corrected chi connectivity index (χ3v) is 4.96. The van der Waals surface area contributed by atoms with Gasteiger partial charge < -0.3 is 10.6 Å². The van der Waals surface area contributed by atoms with Crippen LogP contribution in [0.4, 0.5) is 11.5 Å². The van der Waals surface area contributed by atoms with Gasteiger partial charge in [-0.05, 0) is 37.1 Å². The highest BCUT2D eigenvalue weighted by Crippen LogP contribution is 2.24. The molecule has 3 rings (SSSR count). The number of nitrogens with zero attached hydrogens (tertiary/aromatic N) is 2. The molecule has 6 heteroatoms. The molecule has 1 aromatic heterocycles. The molecular formula is C23H26N4O2. The number of rotatable bonds is 7. The van der Waals surface area contributed by atoms with E-state index in [1.807, 2.05) is 62.4 Å². The summed E-state index contributed by atoms with van der Waals surface area (Å²) in [5, 5.41) is 10.3. The molecule has 1 heterocycles. The van der Waals surface area contributed by atoms with Gasteiger partial charge in [-0.3, -0.25) is 14.3 Å². The molecule has 2 N–H and O–H groups in total. The van der Waals surface area contributed by atoms with Gasteiger partial charge in [0.15, 0.2) is 0 Å². The molecule has 0 aliphatic rings. The second-order valence-electron chi connectivity index (χ2n) is 6.94. The van der Waals surface area contributed by atoms with Crippen molar-refractivity contribution < 1.29 is 9.59 Å². The molecule has 0 unspecified atom stereocenters. The zero-order valence-corrected chi connectivity index (χ0v) is 17.0. The van der Waals surface area contributed by atoms with Crippen molar-refractivity contribution in [1.82, 2.24) is 9.78 Å². The molecule has 2 aromatic carbocycles. The first-order valence-electron chi connectivity index (χ1n) is 9.83. The van der Waals surface area contributed by atoms with Crippen LogP contribution >= 0.6 is 0 Å². The van der Waals surface area contributed by atoms with Crippen LogP contribution in [0.2, 0.25) is 0 Å². The second kappa shape index (κ2) is 9.19. The molecule has 0 fully saturated rings. The van der Waals surface area contributed by atoms with Gasteiger partial charge in [0.2, 0.25) is 5.91 Å². The minimum absolute atomic E-state index is 0.0289. The van der Waals surface area contributed by atoms with Gasteiger partial charge >= 0.3 is 0 Å². The summed E-state index contributed by atoms with van der Waals surface area (Å²) in [6.45, 7) is 4.04. The zero-order valence-electron chi connectivity index (χ0n) is 17.0. The summed E-state index contributed by atoms with van der Waals surface area (Å²) >= 11 is 0. The lowest BCUT2D eigenvalue weighted by atomic mass is 10.0. The van der Waals surface area contributed by atoms with E-state index in [9.17, 15) is 9.59 Å². The fourth-order valence-corrected chi connectivity index (χ4v) is 3.13. The third kappa shape index (κ3) is 4.90. The first-order chi connectivity index (χ1) is 14.0. The summed E-state index contributed by atoms with van der Waals surface area (Å²) in [7, 11) is 1.79. The molecule has 150 valence electrons. The van der Waals surface area contributed by atoms with E-state index in [1.165, 1.54) is 0 Å². The average molecular weight is 390 g/mol. The number of benzene rings is 2. The van der Waals surface area contributed by atoms with Crippen LogP contribution in [-0.2, 0) is 11.8 Å². The number of carbonyl (C=O) groups excluding carboxylic acids is 2. The highest BCUT2D eigenvalue weighted by molar-refractivity contribution is 6.04. The molecule has 2 amide bonds. The van der Waals surface area contributed by atoms with Crippen molar-refractivity contribution in [1.29, 1.82) is 0 Å². The molecule has 0 radical (unpaired) electrons. The molecule has 0 atom stereocenters. The van der Waals surface area contributed by atoms with Crippen molar-refractivity contribution in [2.45, 2.75) is 26.7 Å². The highest BCUT2D eigenvalue weighted by Gasteiger charge is 2.15. The van der Waals surface area contributed by atoms with Crippen LogP contribution in [0.1, 0.15) is 37.0 Å². The maximum atomic E-state index is 12.4. The first-order valence-corrected chi connectivity index (χ1v) is 9.83. The van der Waals surface area contributed by atoms with E-state index in [1.54, 1.807) is 23.9 Å². The summed E-state index contributed by atoms with van der Waals surface area (Å²) in [5.41, 5.74) is 3.00. The fourth-order valence-electron chi connectivity index (χ4n) is 3.13. The first kappa shape index (κ1) is 20.3. The van der Waals surface area contributed by atoms with E-state index < -0.39 is 0 Å². The number of hydrogen-bond acceptors (Lipinski definition) is 3. The molecule has 6 nitrogen and oxygen atoms in total. The molecule has 0 saturated carbocycles. The molecule has 0 spiro atoms. The average Bonchev–Trinajstić information content (AvgIpc) is 3.10. The Bertz CT molecular complexity index is 974. The van der Waals surface area contributed by atoms with Crippen molar-refractivity contribution >= 4 is 23.3 Å². The maximum absolute atomic E-state index is 12.4. The van der Waals surface area contributed by atoms with Gasteiger partial charge in [0.1, 0.15) is 5.82 Å². The molecule has 3 aromatic rings. The Morgan fingerprint density at radius 1 is 0.966 bits per heavy atom. The van der Waals surface area contributed by atoms with Crippen LogP contribution in [0.5, 0.6) is 0 Å². The van der Waals surface area contributed by atoms with Crippen LogP contribution in [0.15, 0.2) is 60.7 Å². The van der Waals surface area contributed by atoms with E-state index in [0.29, 0.717) is 11.4 Å². The third-order valence-electron chi connectivity index (χ3n) is 4.96. The lowest BCUT2D eigenvalue weighted by molar-refractivity contribution is -0.120. The van der Waals surface area contributed by atoms with Crippen molar-refractivity contribution in [3.05, 3.63) is 66.2 Å². The van der Waals surface area contributed by atoms with E-state index >= 15 is 0 Å². The SMILES string of the molecule is CCC(CC)C(=O)Nc1ccc(-c2cc(NC(=O)c3ccccc3)n(C)n2)cc1. The van der Waals surface area contributed by atoms with E-state index in [-0.39, 0.29) is 17.7 Å². The monoisotopic (exact) mass is 390 g/mol. The second-order valence-corrected chi connectivity index (χ2v) is 6.94. The number of nitrogens with one attached hydrogen (secondary N) is 2. The maximum Gasteiger partial charge on any atom is 0.256 e. The van der Waals surface area contributed by atoms with Crippen molar-refractivity contribution in [2.75, 3.05) is 10.6 Å². The number of aromatic nitrogens is 2. The minimum atomic E-state index is -0.181. The van der Waals surface area contributed by atoms with Crippen LogP contribution in [0.3, 0.4) is 0 Å². The van der Waals surface area contributed by atoms with Crippen LogP contribution in [0.25, 0.3) is 11.3 Å². The zero-order chi connectivity index (χ0) is 20.8. The number of hydrogen-bond donors (Lipinski definition) is 2. The molecule has 0 bridgehead atoms. The lowest BCUT2D eigenvalue weighted by Crippen LogP contribution is -2.21. The van der Waals surface area contributed by atoms with Crippen molar-refractivity contribution in [2.24, 2.45) is 13.0 Å². The Morgan fingerprint density at radius 2 is 1.62 bits per heavy atom. The van der Waals surface area contributed by atoms with Crippen LogP contribution < -0.4 is 10.6 Å². The summed E-state index contributed by atoms with van der Waals surface area (Å²) in [5.74, 6) is 0.507.